The highest BCUT2D eigenvalue weighted by Crippen LogP contribution is 2.32. The molecule has 0 fully saturated rings. The standard InChI is InChI=1S/C21H25NO3/c1-14-9-10-15(19(11-14)24-5)12-17-16(7-6-8-18(17)23-4)20-22-21(2,3)13-25-20/h6-11H,12-13H2,1-5H3. The molecule has 0 N–H and O–H groups in total. The summed E-state index contributed by atoms with van der Waals surface area (Å²) in [4.78, 5) is 4.73. The van der Waals surface area contributed by atoms with Crippen LogP contribution < -0.4 is 9.47 Å². The first-order chi connectivity index (χ1) is 11.9. The van der Waals surface area contributed by atoms with Gasteiger partial charge in [-0.05, 0) is 50.1 Å². The smallest absolute Gasteiger partial charge is 0.217 e. The van der Waals surface area contributed by atoms with Crippen molar-refractivity contribution in [2.45, 2.75) is 32.7 Å². The van der Waals surface area contributed by atoms with Gasteiger partial charge in [-0.15, -0.1) is 0 Å². The van der Waals surface area contributed by atoms with Crippen LogP contribution in [0.15, 0.2) is 41.4 Å². The van der Waals surface area contributed by atoms with Gasteiger partial charge in [0.05, 0.1) is 19.8 Å². The Morgan fingerprint density at radius 2 is 1.84 bits per heavy atom. The molecule has 0 spiro atoms. The van der Waals surface area contributed by atoms with Gasteiger partial charge in [-0.3, -0.25) is 0 Å². The van der Waals surface area contributed by atoms with E-state index in [-0.39, 0.29) is 5.54 Å². The maximum absolute atomic E-state index is 5.87. The zero-order valence-electron chi connectivity index (χ0n) is 15.6. The zero-order chi connectivity index (χ0) is 18.0. The minimum atomic E-state index is -0.197. The molecule has 4 heteroatoms. The lowest BCUT2D eigenvalue weighted by molar-refractivity contribution is 0.279. The molecule has 0 saturated heterocycles. The molecule has 3 rings (SSSR count). The molecule has 2 aromatic carbocycles. The molecule has 0 amide bonds. The van der Waals surface area contributed by atoms with Crippen molar-refractivity contribution in [1.29, 1.82) is 0 Å². The first-order valence-corrected chi connectivity index (χ1v) is 8.46. The van der Waals surface area contributed by atoms with Crippen molar-refractivity contribution in [3.05, 3.63) is 58.7 Å². The number of benzene rings is 2. The van der Waals surface area contributed by atoms with E-state index in [1.165, 1.54) is 5.56 Å². The van der Waals surface area contributed by atoms with Crippen molar-refractivity contribution in [1.82, 2.24) is 0 Å². The Kier molecular flexibility index (Phi) is 4.71. The SMILES string of the molecule is COc1cc(C)ccc1Cc1c(OC)cccc1C1=NC(C)(C)CO1. The van der Waals surface area contributed by atoms with Crippen LogP contribution in [0.5, 0.6) is 11.5 Å². The van der Waals surface area contributed by atoms with E-state index in [1.54, 1.807) is 14.2 Å². The van der Waals surface area contributed by atoms with E-state index in [9.17, 15) is 0 Å². The lowest BCUT2D eigenvalue weighted by Gasteiger charge is -2.16. The average Bonchev–Trinajstić information content (AvgIpc) is 2.96. The molecule has 0 aliphatic carbocycles. The highest BCUT2D eigenvalue weighted by molar-refractivity contribution is 5.97. The number of aliphatic imine (C=N–C) groups is 1. The third kappa shape index (κ3) is 3.63. The molecule has 0 atom stereocenters. The van der Waals surface area contributed by atoms with Crippen LogP contribution in [0.25, 0.3) is 0 Å². The maximum Gasteiger partial charge on any atom is 0.217 e. The first-order valence-electron chi connectivity index (χ1n) is 8.46. The zero-order valence-corrected chi connectivity index (χ0v) is 15.6. The van der Waals surface area contributed by atoms with Gasteiger partial charge in [-0.2, -0.15) is 0 Å². The Bertz CT molecular complexity index is 809. The summed E-state index contributed by atoms with van der Waals surface area (Å²) in [5.74, 6) is 2.40. The summed E-state index contributed by atoms with van der Waals surface area (Å²) in [5.41, 5.74) is 4.12. The molecule has 0 radical (unpaired) electrons. The lowest BCUT2D eigenvalue weighted by atomic mass is 9.97. The third-order valence-corrected chi connectivity index (χ3v) is 4.36. The van der Waals surface area contributed by atoms with Gasteiger partial charge in [0.25, 0.3) is 0 Å². The van der Waals surface area contributed by atoms with Gasteiger partial charge in [0, 0.05) is 17.5 Å². The summed E-state index contributed by atoms with van der Waals surface area (Å²) < 4.78 is 17.1. The molecule has 132 valence electrons. The third-order valence-electron chi connectivity index (χ3n) is 4.36. The van der Waals surface area contributed by atoms with Crippen LogP contribution in [0.4, 0.5) is 0 Å². The monoisotopic (exact) mass is 339 g/mol. The molecular formula is C21H25NO3. The molecule has 2 aromatic rings. The van der Waals surface area contributed by atoms with Gasteiger partial charge >= 0.3 is 0 Å². The summed E-state index contributed by atoms with van der Waals surface area (Å²) in [6, 6.07) is 12.2. The van der Waals surface area contributed by atoms with Gasteiger partial charge in [0.15, 0.2) is 0 Å². The number of ether oxygens (including phenoxy) is 3. The number of methoxy groups -OCH3 is 2. The van der Waals surface area contributed by atoms with Gasteiger partial charge in [0.1, 0.15) is 18.1 Å². The van der Waals surface area contributed by atoms with Crippen LogP contribution in [0.2, 0.25) is 0 Å². The van der Waals surface area contributed by atoms with E-state index in [0.717, 1.165) is 28.2 Å². The predicted octanol–water partition coefficient (Wildman–Crippen LogP) is 4.16. The van der Waals surface area contributed by atoms with E-state index in [0.29, 0.717) is 18.9 Å². The largest absolute Gasteiger partial charge is 0.496 e. The van der Waals surface area contributed by atoms with Crippen LogP contribution in [0, 0.1) is 6.92 Å². The van der Waals surface area contributed by atoms with Crippen molar-refractivity contribution in [2.75, 3.05) is 20.8 Å². The topological polar surface area (TPSA) is 40.0 Å². The molecule has 0 saturated carbocycles. The Balaban J connectivity index is 2.07. The highest BCUT2D eigenvalue weighted by Gasteiger charge is 2.29. The molecule has 0 bridgehead atoms. The fourth-order valence-electron chi connectivity index (χ4n) is 3.05. The maximum atomic E-state index is 5.87. The van der Waals surface area contributed by atoms with Crippen LogP contribution >= 0.6 is 0 Å². The van der Waals surface area contributed by atoms with Gasteiger partial charge in [0.2, 0.25) is 5.90 Å². The lowest BCUT2D eigenvalue weighted by Crippen LogP contribution is -2.17. The minimum absolute atomic E-state index is 0.197. The second-order valence-corrected chi connectivity index (χ2v) is 7.00. The number of aryl methyl sites for hydroxylation is 1. The van der Waals surface area contributed by atoms with E-state index < -0.39 is 0 Å². The molecular weight excluding hydrogens is 314 g/mol. The summed E-state index contributed by atoms with van der Waals surface area (Å²) in [5, 5.41) is 0. The van der Waals surface area contributed by atoms with Crippen LogP contribution in [0.3, 0.4) is 0 Å². The van der Waals surface area contributed by atoms with Crippen LogP contribution in [-0.2, 0) is 11.2 Å². The fourth-order valence-corrected chi connectivity index (χ4v) is 3.05. The molecule has 0 aromatic heterocycles. The number of nitrogens with zero attached hydrogens (tertiary/aromatic N) is 1. The Hall–Kier alpha value is -2.49. The van der Waals surface area contributed by atoms with E-state index >= 15 is 0 Å². The van der Waals surface area contributed by atoms with Gasteiger partial charge in [-0.25, -0.2) is 4.99 Å². The molecule has 0 unspecified atom stereocenters. The molecule has 4 nitrogen and oxygen atoms in total. The van der Waals surface area contributed by atoms with E-state index in [2.05, 4.69) is 39.0 Å². The Morgan fingerprint density at radius 1 is 1.08 bits per heavy atom. The number of hydrogen-bond acceptors (Lipinski definition) is 4. The van der Waals surface area contributed by atoms with Crippen molar-refractivity contribution in [3.8, 4) is 11.5 Å². The molecule has 1 aliphatic rings. The first kappa shape index (κ1) is 17.3. The van der Waals surface area contributed by atoms with E-state index in [4.69, 9.17) is 19.2 Å². The summed E-state index contributed by atoms with van der Waals surface area (Å²) in [7, 11) is 3.39. The average molecular weight is 339 g/mol. The molecule has 1 heterocycles. The Morgan fingerprint density at radius 3 is 2.48 bits per heavy atom. The summed E-state index contributed by atoms with van der Waals surface area (Å²) in [6.07, 6.45) is 0.686. The Labute approximate surface area is 149 Å². The molecule has 25 heavy (non-hydrogen) atoms. The highest BCUT2D eigenvalue weighted by atomic mass is 16.5. The number of rotatable bonds is 5. The van der Waals surface area contributed by atoms with Crippen LogP contribution in [0.1, 0.15) is 36.1 Å². The van der Waals surface area contributed by atoms with E-state index in [1.807, 2.05) is 18.2 Å². The van der Waals surface area contributed by atoms with Crippen molar-refractivity contribution < 1.29 is 14.2 Å². The van der Waals surface area contributed by atoms with Gasteiger partial charge in [-0.1, -0.05) is 18.2 Å². The second-order valence-electron chi connectivity index (χ2n) is 7.00. The molecule has 1 aliphatic heterocycles. The van der Waals surface area contributed by atoms with Crippen molar-refractivity contribution >= 4 is 5.90 Å². The number of hydrogen-bond donors (Lipinski definition) is 0. The second kappa shape index (κ2) is 6.79. The summed E-state index contributed by atoms with van der Waals surface area (Å²) >= 11 is 0. The van der Waals surface area contributed by atoms with Crippen LogP contribution in [-0.4, -0.2) is 32.3 Å². The quantitative estimate of drug-likeness (QED) is 0.821. The van der Waals surface area contributed by atoms with Gasteiger partial charge < -0.3 is 14.2 Å². The minimum Gasteiger partial charge on any atom is -0.496 e. The van der Waals surface area contributed by atoms with Crippen molar-refractivity contribution in [2.24, 2.45) is 4.99 Å². The summed E-state index contributed by atoms with van der Waals surface area (Å²) in [6.45, 7) is 6.79. The normalized spacial score (nSPS) is 15.5. The predicted molar refractivity (Wildman–Crippen MR) is 100 cm³/mol. The fraction of sp³-hybridized carbons (Fsp3) is 0.381. The van der Waals surface area contributed by atoms with Crippen molar-refractivity contribution in [3.63, 3.8) is 0 Å².